The Hall–Kier alpha value is -1.53. The number of aromatic nitrogens is 3. The summed E-state index contributed by atoms with van der Waals surface area (Å²) in [6.45, 7) is 3.49. The highest BCUT2D eigenvalue weighted by atomic mass is 32.1. The Morgan fingerprint density at radius 1 is 1.28 bits per heavy atom. The van der Waals surface area contributed by atoms with Gasteiger partial charge in [-0.25, -0.2) is 9.97 Å². The normalized spacial score (nSPS) is 10.6. The fraction of sp³-hybridized carbons (Fsp3) is 0.417. The van der Waals surface area contributed by atoms with Gasteiger partial charge < -0.3 is 10.2 Å². The molecule has 0 saturated carbocycles. The van der Waals surface area contributed by atoms with Crippen molar-refractivity contribution in [3.05, 3.63) is 34.2 Å². The average Bonchev–Trinajstić information content (AvgIpc) is 2.75. The van der Waals surface area contributed by atoms with Crippen molar-refractivity contribution in [2.45, 2.75) is 20.0 Å². The Kier molecular flexibility index (Phi) is 4.22. The van der Waals surface area contributed by atoms with Crippen molar-refractivity contribution < 1.29 is 0 Å². The van der Waals surface area contributed by atoms with Gasteiger partial charge in [-0.3, -0.25) is 4.98 Å². The predicted molar refractivity (Wildman–Crippen MR) is 73.8 cm³/mol. The maximum absolute atomic E-state index is 4.54. The molecule has 0 fully saturated rings. The molecule has 2 aromatic heterocycles. The number of thiazole rings is 1. The van der Waals surface area contributed by atoms with Crippen molar-refractivity contribution in [1.29, 1.82) is 0 Å². The summed E-state index contributed by atoms with van der Waals surface area (Å²) in [4.78, 5) is 15.3. The van der Waals surface area contributed by atoms with Gasteiger partial charge in [0.05, 0.1) is 29.1 Å². The molecule has 2 rings (SSSR count). The second-order valence-electron chi connectivity index (χ2n) is 4.11. The van der Waals surface area contributed by atoms with Crippen molar-refractivity contribution in [3.63, 3.8) is 0 Å². The molecule has 0 amide bonds. The second-order valence-corrected chi connectivity index (χ2v) is 5.18. The number of aryl methyl sites for hydroxylation is 1. The van der Waals surface area contributed by atoms with Crippen LogP contribution in [0, 0.1) is 6.92 Å². The van der Waals surface area contributed by atoms with Gasteiger partial charge in [0.1, 0.15) is 5.82 Å². The van der Waals surface area contributed by atoms with E-state index in [4.69, 9.17) is 0 Å². The zero-order chi connectivity index (χ0) is 13.0. The van der Waals surface area contributed by atoms with Crippen LogP contribution in [0.15, 0.2) is 17.8 Å². The van der Waals surface area contributed by atoms with Crippen LogP contribution in [0.2, 0.25) is 0 Å². The van der Waals surface area contributed by atoms with Crippen LogP contribution in [0.4, 0.5) is 5.82 Å². The molecule has 6 heteroatoms. The molecule has 0 atom stereocenters. The zero-order valence-electron chi connectivity index (χ0n) is 10.8. The van der Waals surface area contributed by atoms with E-state index in [9.17, 15) is 0 Å². The van der Waals surface area contributed by atoms with Gasteiger partial charge in [0, 0.05) is 25.2 Å². The van der Waals surface area contributed by atoms with Crippen molar-refractivity contribution in [2.75, 3.05) is 19.0 Å². The van der Waals surface area contributed by atoms with E-state index in [1.165, 1.54) is 0 Å². The summed E-state index contributed by atoms with van der Waals surface area (Å²) in [5, 5.41) is 6.24. The summed E-state index contributed by atoms with van der Waals surface area (Å²) in [5.41, 5.74) is 2.01. The van der Waals surface area contributed by atoms with Gasteiger partial charge in [-0.2, -0.15) is 0 Å². The largest absolute Gasteiger partial charge is 0.352 e. The predicted octanol–water partition coefficient (Wildman–Crippen LogP) is 1.60. The summed E-state index contributed by atoms with van der Waals surface area (Å²) in [6.07, 6.45) is 3.55. The van der Waals surface area contributed by atoms with Gasteiger partial charge in [-0.15, -0.1) is 11.3 Å². The van der Waals surface area contributed by atoms with Crippen LogP contribution in [-0.2, 0) is 13.1 Å². The molecule has 0 unspecified atom stereocenters. The summed E-state index contributed by atoms with van der Waals surface area (Å²) in [6, 6.07) is 0. The highest BCUT2D eigenvalue weighted by Crippen LogP contribution is 2.14. The van der Waals surface area contributed by atoms with E-state index in [0.29, 0.717) is 0 Å². The van der Waals surface area contributed by atoms with Gasteiger partial charge in [-0.1, -0.05) is 0 Å². The minimum absolute atomic E-state index is 0.727. The summed E-state index contributed by atoms with van der Waals surface area (Å²) in [5.74, 6) is 0.869. The molecular formula is C12H17N5S. The first-order valence-corrected chi connectivity index (χ1v) is 6.64. The second kappa shape index (κ2) is 5.88. The standard InChI is InChI=1S/C12H17N5S/c1-9-15-11(8-18-9)7-17(3)12-6-14-5-10(16-12)4-13-2/h5-6,8,13H,4,7H2,1-3H3. The van der Waals surface area contributed by atoms with Crippen LogP contribution in [0.3, 0.4) is 0 Å². The summed E-state index contributed by atoms with van der Waals surface area (Å²) in [7, 11) is 3.90. The number of nitrogens with one attached hydrogen (secondary N) is 1. The lowest BCUT2D eigenvalue weighted by molar-refractivity contribution is 0.773. The SMILES string of the molecule is CNCc1cncc(N(C)Cc2csc(C)n2)n1. The molecule has 1 N–H and O–H groups in total. The van der Waals surface area contributed by atoms with E-state index < -0.39 is 0 Å². The average molecular weight is 263 g/mol. The number of anilines is 1. The Labute approximate surface area is 111 Å². The van der Waals surface area contributed by atoms with E-state index in [0.717, 1.165) is 35.3 Å². The molecule has 0 spiro atoms. The lowest BCUT2D eigenvalue weighted by atomic mass is 10.4. The van der Waals surface area contributed by atoms with Gasteiger partial charge in [0.15, 0.2) is 0 Å². The molecule has 18 heavy (non-hydrogen) atoms. The third-order valence-corrected chi connectivity index (χ3v) is 3.31. The van der Waals surface area contributed by atoms with Gasteiger partial charge in [-0.05, 0) is 14.0 Å². The smallest absolute Gasteiger partial charge is 0.147 e. The van der Waals surface area contributed by atoms with E-state index in [1.807, 2.05) is 21.0 Å². The van der Waals surface area contributed by atoms with Gasteiger partial charge in [0.2, 0.25) is 0 Å². The highest BCUT2D eigenvalue weighted by Gasteiger charge is 2.07. The number of rotatable bonds is 5. The molecule has 0 radical (unpaired) electrons. The number of nitrogens with zero attached hydrogens (tertiary/aromatic N) is 4. The van der Waals surface area contributed by atoms with E-state index in [1.54, 1.807) is 23.7 Å². The van der Waals surface area contributed by atoms with Crippen LogP contribution in [-0.4, -0.2) is 29.0 Å². The fourth-order valence-electron chi connectivity index (χ4n) is 1.65. The van der Waals surface area contributed by atoms with Crippen molar-refractivity contribution in [2.24, 2.45) is 0 Å². The van der Waals surface area contributed by atoms with Crippen LogP contribution in [0.25, 0.3) is 0 Å². The van der Waals surface area contributed by atoms with Crippen LogP contribution >= 0.6 is 11.3 Å². The Morgan fingerprint density at radius 3 is 2.78 bits per heavy atom. The lowest BCUT2D eigenvalue weighted by Gasteiger charge is -2.17. The third kappa shape index (κ3) is 3.24. The first kappa shape index (κ1) is 12.9. The number of hydrogen-bond donors (Lipinski definition) is 1. The summed E-state index contributed by atoms with van der Waals surface area (Å²) >= 11 is 1.67. The fourth-order valence-corrected chi connectivity index (χ4v) is 2.25. The molecule has 2 heterocycles. The molecule has 2 aromatic rings. The van der Waals surface area contributed by atoms with E-state index >= 15 is 0 Å². The molecule has 0 aliphatic carbocycles. The highest BCUT2D eigenvalue weighted by molar-refractivity contribution is 7.09. The zero-order valence-corrected chi connectivity index (χ0v) is 11.7. The van der Waals surface area contributed by atoms with Crippen molar-refractivity contribution in [1.82, 2.24) is 20.3 Å². The molecule has 96 valence electrons. The van der Waals surface area contributed by atoms with Crippen LogP contribution < -0.4 is 10.2 Å². The maximum Gasteiger partial charge on any atom is 0.147 e. The molecule has 0 aromatic carbocycles. The van der Waals surface area contributed by atoms with E-state index in [2.05, 4.69) is 30.5 Å². The Morgan fingerprint density at radius 2 is 2.11 bits per heavy atom. The molecule has 5 nitrogen and oxygen atoms in total. The molecule has 0 aliphatic rings. The molecule has 0 bridgehead atoms. The third-order valence-electron chi connectivity index (χ3n) is 2.49. The quantitative estimate of drug-likeness (QED) is 0.888. The monoisotopic (exact) mass is 263 g/mol. The molecule has 0 saturated heterocycles. The van der Waals surface area contributed by atoms with Gasteiger partial charge in [0.25, 0.3) is 0 Å². The first-order chi connectivity index (χ1) is 8.69. The van der Waals surface area contributed by atoms with Gasteiger partial charge >= 0.3 is 0 Å². The Bertz CT molecular complexity index is 511. The van der Waals surface area contributed by atoms with E-state index in [-0.39, 0.29) is 0 Å². The first-order valence-electron chi connectivity index (χ1n) is 5.76. The molecule has 0 aliphatic heterocycles. The Balaban J connectivity index is 2.08. The van der Waals surface area contributed by atoms with Crippen LogP contribution in [0.5, 0.6) is 0 Å². The summed E-state index contributed by atoms with van der Waals surface area (Å²) < 4.78 is 0. The maximum atomic E-state index is 4.54. The minimum Gasteiger partial charge on any atom is -0.352 e. The number of hydrogen-bond acceptors (Lipinski definition) is 6. The van der Waals surface area contributed by atoms with Crippen LogP contribution in [0.1, 0.15) is 16.4 Å². The topological polar surface area (TPSA) is 53.9 Å². The molecular weight excluding hydrogens is 246 g/mol. The van der Waals surface area contributed by atoms with Crippen molar-refractivity contribution >= 4 is 17.2 Å². The lowest BCUT2D eigenvalue weighted by Crippen LogP contribution is -2.19. The van der Waals surface area contributed by atoms with Crippen molar-refractivity contribution in [3.8, 4) is 0 Å². The minimum atomic E-state index is 0.727.